The maximum Gasteiger partial charge on any atom is 0.302 e. The minimum Gasteiger partial charge on any atom is -0.462 e. The van der Waals surface area contributed by atoms with Gasteiger partial charge < -0.3 is 4.74 Å². The molecule has 0 bridgehead atoms. The maximum absolute atomic E-state index is 11.8. The summed E-state index contributed by atoms with van der Waals surface area (Å²) in [5, 5.41) is 0. The predicted octanol–water partition coefficient (Wildman–Crippen LogP) is 4.00. The van der Waals surface area contributed by atoms with Crippen molar-refractivity contribution >= 4 is 11.8 Å². The lowest BCUT2D eigenvalue weighted by molar-refractivity contribution is -0.155. The highest BCUT2D eigenvalue weighted by atomic mass is 16.5. The first-order valence-electron chi connectivity index (χ1n) is 9.15. The fourth-order valence-electron chi connectivity index (χ4n) is 6.00. The van der Waals surface area contributed by atoms with E-state index in [-0.39, 0.29) is 28.7 Å². The van der Waals surface area contributed by atoms with Crippen molar-refractivity contribution in [3.63, 3.8) is 0 Å². The molecule has 0 aliphatic heterocycles. The van der Waals surface area contributed by atoms with Crippen molar-refractivity contribution in [2.24, 2.45) is 28.6 Å². The van der Waals surface area contributed by atoms with Gasteiger partial charge in [0.1, 0.15) is 6.10 Å². The number of hydrogen-bond acceptors (Lipinski definition) is 3. The van der Waals surface area contributed by atoms with Crippen LogP contribution in [0.5, 0.6) is 0 Å². The molecule has 0 aromatic heterocycles. The Morgan fingerprint density at radius 1 is 1.17 bits per heavy atom. The summed E-state index contributed by atoms with van der Waals surface area (Å²) in [5.74, 6) is 1.54. The summed E-state index contributed by atoms with van der Waals surface area (Å²) in [6, 6.07) is 0. The van der Waals surface area contributed by atoms with Crippen LogP contribution in [0.1, 0.15) is 46.5 Å². The molecule has 0 spiro atoms. The van der Waals surface area contributed by atoms with E-state index < -0.39 is 0 Å². The lowest BCUT2D eigenvalue weighted by Gasteiger charge is -2.54. The van der Waals surface area contributed by atoms with Crippen LogP contribution in [0.3, 0.4) is 0 Å². The van der Waals surface area contributed by atoms with Gasteiger partial charge >= 0.3 is 5.97 Å². The summed E-state index contributed by atoms with van der Waals surface area (Å²) in [4.78, 5) is 23.2. The summed E-state index contributed by atoms with van der Waals surface area (Å²) < 4.78 is 5.68. The maximum atomic E-state index is 11.8. The van der Waals surface area contributed by atoms with Crippen molar-refractivity contribution in [2.75, 3.05) is 0 Å². The van der Waals surface area contributed by atoms with Gasteiger partial charge in [0, 0.05) is 17.8 Å². The molecule has 0 aromatic carbocycles. The highest BCUT2D eigenvalue weighted by Crippen LogP contribution is 2.63. The molecule has 0 saturated heterocycles. The first-order valence-corrected chi connectivity index (χ1v) is 9.15. The monoisotopic (exact) mass is 326 g/mol. The van der Waals surface area contributed by atoms with Crippen LogP contribution in [0.4, 0.5) is 0 Å². The Morgan fingerprint density at radius 3 is 2.71 bits per heavy atom. The van der Waals surface area contributed by atoms with Crippen LogP contribution in [0.15, 0.2) is 36.0 Å². The van der Waals surface area contributed by atoms with E-state index in [1.54, 1.807) is 12.2 Å². The van der Waals surface area contributed by atoms with Crippen LogP contribution in [-0.2, 0) is 14.3 Å². The van der Waals surface area contributed by atoms with Gasteiger partial charge in [0.05, 0.1) is 0 Å². The third-order valence-corrected chi connectivity index (χ3v) is 7.34. The number of carbonyl (C=O) groups is 2. The van der Waals surface area contributed by atoms with Gasteiger partial charge in [0.2, 0.25) is 0 Å². The molecule has 24 heavy (non-hydrogen) atoms. The van der Waals surface area contributed by atoms with Crippen LogP contribution >= 0.6 is 0 Å². The molecular weight excluding hydrogens is 300 g/mol. The third-order valence-electron chi connectivity index (χ3n) is 7.34. The average Bonchev–Trinajstić information content (AvgIpc) is 2.84. The Bertz CT molecular complexity index is 685. The molecule has 4 aliphatic carbocycles. The van der Waals surface area contributed by atoms with Crippen LogP contribution in [0.2, 0.25) is 0 Å². The van der Waals surface area contributed by atoms with E-state index in [9.17, 15) is 9.59 Å². The molecule has 0 radical (unpaired) electrons. The van der Waals surface area contributed by atoms with Gasteiger partial charge in [-0.15, -0.1) is 0 Å². The fourth-order valence-corrected chi connectivity index (χ4v) is 6.00. The molecule has 0 heterocycles. The molecule has 0 N–H and O–H groups in total. The molecule has 0 aromatic rings. The minimum atomic E-state index is -0.158. The summed E-state index contributed by atoms with van der Waals surface area (Å²) in [7, 11) is 0. The molecule has 4 rings (SSSR count). The number of carbonyl (C=O) groups excluding carboxylic acids is 2. The standard InChI is InChI=1S/C21H26O3/c1-13(22)24-19-7-6-17-16-5-4-14-12-15(23)8-10-20(14,2)18(16)9-11-21(17,19)3/h4-5,8,10,12,16-19H,6-7,9,11H2,1-3H3/t16-,17-,18-,19+,20-,21+/m1/s1. The Hall–Kier alpha value is -1.64. The number of allylic oxidation sites excluding steroid dienone is 6. The second-order valence-electron chi connectivity index (χ2n) is 8.49. The number of ketones is 1. The number of esters is 1. The highest BCUT2D eigenvalue weighted by molar-refractivity contribution is 6.01. The number of rotatable bonds is 1. The van der Waals surface area contributed by atoms with Gasteiger partial charge in [-0.25, -0.2) is 0 Å². The summed E-state index contributed by atoms with van der Waals surface area (Å²) in [5.41, 5.74) is 1.21. The van der Waals surface area contributed by atoms with Crippen molar-refractivity contribution < 1.29 is 14.3 Å². The summed E-state index contributed by atoms with van der Waals surface area (Å²) in [6.45, 7) is 6.12. The average molecular weight is 326 g/mol. The van der Waals surface area contributed by atoms with Crippen molar-refractivity contribution in [1.29, 1.82) is 0 Å². The molecule has 4 aliphatic rings. The van der Waals surface area contributed by atoms with Crippen molar-refractivity contribution in [3.05, 3.63) is 36.0 Å². The van der Waals surface area contributed by atoms with Crippen LogP contribution in [-0.4, -0.2) is 17.9 Å². The molecular formula is C21H26O3. The summed E-state index contributed by atoms with van der Waals surface area (Å²) >= 11 is 0. The van der Waals surface area contributed by atoms with Gasteiger partial charge in [-0.05, 0) is 61.2 Å². The Balaban J connectivity index is 1.68. The van der Waals surface area contributed by atoms with Crippen LogP contribution in [0, 0.1) is 28.6 Å². The van der Waals surface area contributed by atoms with E-state index in [0.717, 1.165) is 31.3 Å². The van der Waals surface area contributed by atoms with Gasteiger partial charge in [-0.3, -0.25) is 9.59 Å². The van der Waals surface area contributed by atoms with Crippen molar-refractivity contribution in [2.45, 2.75) is 52.6 Å². The number of ether oxygens (including phenoxy) is 1. The first kappa shape index (κ1) is 15.9. The molecule has 6 atom stereocenters. The summed E-state index contributed by atoms with van der Waals surface area (Å²) in [6.07, 6.45) is 14.6. The predicted molar refractivity (Wildman–Crippen MR) is 92.1 cm³/mol. The van der Waals surface area contributed by atoms with Gasteiger partial charge in [0.25, 0.3) is 0 Å². The molecule has 2 fully saturated rings. The largest absolute Gasteiger partial charge is 0.462 e. The number of fused-ring (bicyclic) bond motifs is 5. The van der Waals surface area contributed by atoms with Gasteiger partial charge in [0.15, 0.2) is 5.78 Å². The van der Waals surface area contributed by atoms with Crippen LogP contribution < -0.4 is 0 Å². The normalized spacial score (nSPS) is 46.0. The van der Waals surface area contributed by atoms with E-state index in [2.05, 4.69) is 32.1 Å². The fraction of sp³-hybridized carbons (Fsp3) is 0.619. The second kappa shape index (κ2) is 5.18. The van der Waals surface area contributed by atoms with Crippen molar-refractivity contribution in [1.82, 2.24) is 0 Å². The van der Waals surface area contributed by atoms with E-state index in [0.29, 0.717) is 17.8 Å². The Kier molecular flexibility index (Phi) is 3.42. The Labute approximate surface area is 143 Å². The lowest BCUT2D eigenvalue weighted by Crippen LogP contribution is -2.49. The van der Waals surface area contributed by atoms with Gasteiger partial charge in [-0.1, -0.05) is 32.1 Å². The lowest BCUT2D eigenvalue weighted by atomic mass is 9.50. The molecule has 2 saturated carbocycles. The zero-order valence-corrected chi connectivity index (χ0v) is 14.7. The van der Waals surface area contributed by atoms with Gasteiger partial charge in [-0.2, -0.15) is 0 Å². The quantitative estimate of drug-likeness (QED) is 0.684. The molecule has 0 amide bonds. The van der Waals surface area contributed by atoms with E-state index in [1.807, 2.05) is 0 Å². The topological polar surface area (TPSA) is 43.4 Å². The molecule has 3 heteroatoms. The third kappa shape index (κ3) is 2.09. The first-order chi connectivity index (χ1) is 11.3. The van der Waals surface area contributed by atoms with Crippen molar-refractivity contribution in [3.8, 4) is 0 Å². The van der Waals surface area contributed by atoms with E-state index >= 15 is 0 Å². The minimum absolute atomic E-state index is 0.0336. The molecule has 128 valence electrons. The Morgan fingerprint density at radius 2 is 1.96 bits per heavy atom. The van der Waals surface area contributed by atoms with E-state index in [4.69, 9.17) is 4.74 Å². The zero-order valence-electron chi connectivity index (χ0n) is 14.7. The zero-order chi connectivity index (χ0) is 17.1. The SMILES string of the molecule is CC(=O)O[C@H]1CC[C@@H]2[C@H]3C=CC4=CC(=O)C=C[C@@]4(C)[C@@H]3CC[C@]12C. The highest BCUT2D eigenvalue weighted by Gasteiger charge is 2.58. The van der Waals surface area contributed by atoms with E-state index in [1.165, 1.54) is 6.92 Å². The number of hydrogen-bond donors (Lipinski definition) is 0. The van der Waals surface area contributed by atoms with Crippen LogP contribution in [0.25, 0.3) is 0 Å². The molecule has 0 unspecified atom stereocenters. The second-order valence-corrected chi connectivity index (χ2v) is 8.49. The molecule has 3 nitrogen and oxygen atoms in total. The smallest absolute Gasteiger partial charge is 0.302 e.